The van der Waals surface area contributed by atoms with Crippen molar-refractivity contribution < 1.29 is 5.11 Å². The molecule has 20 heavy (non-hydrogen) atoms. The molecule has 2 aromatic heterocycles. The lowest BCUT2D eigenvalue weighted by atomic mass is 10.3. The van der Waals surface area contributed by atoms with Gasteiger partial charge in [0, 0.05) is 18.4 Å². The lowest BCUT2D eigenvalue weighted by Gasteiger charge is -2.08. The standard InChI is InChI=1S/C15H16N4O/c1-2-19-14-7-8-16-9-13(14)18-15(19)10-17-11-3-5-12(20)6-4-11/h3-9,17,20H,2,10H2,1H3. The van der Waals surface area contributed by atoms with E-state index < -0.39 is 0 Å². The van der Waals surface area contributed by atoms with Crippen molar-refractivity contribution in [2.45, 2.75) is 20.0 Å². The average Bonchev–Trinajstić information content (AvgIpc) is 2.84. The Morgan fingerprint density at radius 3 is 2.75 bits per heavy atom. The first kappa shape index (κ1) is 12.5. The molecule has 3 aromatic rings. The van der Waals surface area contributed by atoms with E-state index in [4.69, 9.17) is 0 Å². The zero-order valence-corrected chi connectivity index (χ0v) is 11.2. The number of nitrogens with zero attached hydrogens (tertiary/aromatic N) is 3. The maximum absolute atomic E-state index is 9.27. The molecule has 2 N–H and O–H groups in total. The smallest absolute Gasteiger partial charge is 0.129 e. The molecule has 2 heterocycles. The molecule has 0 aliphatic heterocycles. The first-order valence-electron chi connectivity index (χ1n) is 6.60. The number of hydrogen-bond acceptors (Lipinski definition) is 4. The second-order valence-corrected chi connectivity index (χ2v) is 4.54. The molecule has 5 heteroatoms. The highest BCUT2D eigenvalue weighted by Gasteiger charge is 2.08. The van der Waals surface area contributed by atoms with Crippen molar-refractivity contribution in [1.29, 1.82) is 0 Å². The Balaban J connectivity index is 1.85. The molecule has 0 saturated heterocycles. The number of rotatable bonds is 4. The van der Waals surface area contributed by atoms with E-state index in [1.807, 2.05) is 18.2 Å². The van der Waals surface area contributed by atoms with Crippen molar-refractivity contribution in [3.63, 3.8) is 0 Å². The van der Waals surface area contributed by atoms with Crippen LogP contribution in [0.15, 0.2) is 42.7 Å². The van der Waals surface area contributed by atoms with Gasteiger partial charge in [-0.2, -0.15) is 0 Å². The number of aryl methyl sites for hydroxylation is 1. The maximum Gasteiger partial charge on any atom is 0.129 e. The summed E-state index contributed by atoms with van der Waals surface area (Å²) in [7, 11) is 0. The molecule has 0 saturated carbocycles. The lowest BCUT2D eigenvalue weighted by Crippen LogP contribution is -2.07. The summed E-state index contributed by atoms with van der Waals surface area (Å²) in [6, 6.07) is 8.99. The average molecular weight is 268 g/mol. The summed E-state index contributed by atoms with van der Waals surface area (Å²) in [4.78, 5) is 8.71. The van der Waals surface area contributed by atoms with Gasteiger partial charge in [0.2, 0.25) is 0 Å². The predicted octanol–water partition coefficient (Wildman–Crippen LogP) is 2.77. The molecule has 102 valence electrons. The molecule has 0 unspecified atom stereocenters. The van der Waals surface area contributed by atoms with Crippen LogP contribution < -0.4 is 5.32 Å². The SMILES string of the molecule is CCn1c(CNc2ccc(O)cc2)nc2cnccc21. The fourth-order valence-corrected chi connectivity index (χ4v) is 2.28. The van der Waals surface area contributed by atoms with Gasteiger partial charge in [0.1, 0.15) is 17.1 Å². The van der Waals surface area contributed by atoms with E-state index in [9.17, 15) is 5.11 Å². The summed E-state index contributed by atoms with van der Waals surface area (Å²) in [5, 5.41) is 12.6. The number of aromatic hydroxyl groups is 1. The van der Waals surface area contributed by atoms with Crippen LogP contribution >= 0.6 is 0 Å². The second kappa shape index (κ2) is 5.21. The van der Waals surface area contributed by atoms with E-state index >= 15 is 0 Å². The Kier molecular flexibility index (Phi) is 3.25. The van der Waals surface area contributed by atoms with Crippen molar-refractivity contribution in [1.82, 2.24) is 14.5 Å². The zero-order chi connectivity index (χ0) is 13.9. The highest BCUT2D eigenvalue weighted by Crippen LogP contribution is 2.17. The minimum Gasteiger partial charge on any atom is -0.508 e. The highest BCUT2D eigenvalue weighted by molar-refractivity contribution is 5.74. The molecule has 0 fully saturated rings. The van der Waals surface area contributed by atoms with Crippen LogP contribution in [0.5, 0.6) is 5.75 Å². The number of benzene rings is 1. The van der Waals surface area contributed by atoms with Gasteiger partial charge in [0.25, 0.3) is 0 Å². The van der Waals surface area contributed by atoms with E-state index in [1.165, 1.54) is 0 Å². The normalized spacial score (nSPS) is 10.8. The van der Waals surface area contributed by atoms with Gasteiger partial charge >= 0.3 is 0 Å². The Morgan fingerprint density at radius 1 is 1.20 bits per heavy atom. The molecule has 5 nitrogen and oxygen atoms in total. The Hall–Kier alpha value is -2.56. The number of phenolic OH excluding ortho intramolecular Hbond substituents is 1. The van der Waals surface area contributed by atoms with Crippen molar-refractivity contribution in [3.05, 3.63) is 48.5 Å². The summed E-state index contributed by atoms with van der Waals surface area (Å²) < 4.78 is 2.17. The van der Waals surface area contributed by atoms with Crippen LogP contribution in [0.1, 0.15) is 12.7 Å². The zero-order valence-electron chi connectivity index (χ0n) is 11.2. The van der Waals surface area contributed by atoms with E-state index in [-0.39, 0.29) is 5.75 Å². The Morgan fingerprint density at radius 2 is 2.00 bits per heavy atom. The lowest BCUT2D eigenvalue weighted by molar-refractivity contribution is 0.475. The third kappa shape index (κ3) is 2.30. The van der Waals surface area contributed by atoms with Gasteiger partial charge in [-0.05, 0) is 37.3 Å². The minimum atomic E-state index is 0.266. The molecule has 0 spiro atoms. The summed E-state index contributed by atoms with van der Waals surface area (Å²) in [6.45, 7) is 3.60. The van der Waals surface area contributed by atoms with Gasteiger partial charge < -0.3 is 15.0 Å². The number of imidazole rings is 1. The number of anilines is 1. The first-order valence-corrected chi connectivity index (χ1v) is 6.60. The molecule has 0 amide bonds. The third-order valence-corrected chi connectivity index (χ3v) is 3.26. The summed E-state index contributed by atoms with van der Waals surface area (Å²) in [6.07, 6.45) is 3.57. The van der Waals surface area contributed by atoms with Gasteiger partial charge in [0.05, 0.1) is 18.3 Å². The number of hydrogen-bond donors (Lipinski definition) is 2. The molecule has 0 radical (unpaired) electrons. The maximum atomic E-state index is 9.27. The second-order valence-electron chi connectivity index (χ2n) is 4.54. The topological polar surface area (TPSA) is 63.0 Å². The molecule has 1 aromatic carbocycles. The van der Waals surface area contributed by atoms with E-state index in [2.05, 4.69) is 26.8 Å². The van der Waals surface area contributed by atoms with Crippen LogP contribution in [0, 0.1) is 0 Å². The van der Waals surface area contributed by atoms with Gasteiger partial charge in [-0.3, -0.25) is 4.98 Å². The quantitative estimate of drug-likeness (QED) is 0.714. The van der Waals surface area contributed by atoms with Crippen LogP contribution in [0.4, 0.5) is 5.69 Å². The number of aromatic nitrogens is 3. The minimum absolute atomic E-state index is 0.266. The van der Waals surface area contributed by atoms with Crippen LogP contribution in [0.25, 0.3) is 11.0 Å². The molecule has 0 bridgehead atoms. The molecular formula is C15H16N4O. The number of pyridine rings is 1. The van der Waals surface area contributed by atoms with Crippen molar-refractivity contribution in [3.8, 4) is 5.75 Å². The van der Waals surface area contributed by atoms with Crippen LogP contribution in [-0.2, 0) is 13.1 Å². The van der Waals surface area contributed by atoms with Gasteiger partial charge in [-0.25, -0.2) is 4.98 Å². The highest BCUT2D eigenvalue weighted by atomic mass is 16.3. The molecule has 0 aliphatic rings. The van der Waals surface area contributed by atoms with E-state index in [0.29, 0.717) is 6.54 Å². The summed E-state index contributed by atoms with van der Waals surface area (Å²) in [5.74, 6) is 1.24. The van der Waals surface area contributed by atoms with Crippen molar-refractivity contribution >= 4 is 16.7 Å². The largest absolute Gasteiger partial charge is 0.508 e. The number of nitrogens with one attached hydrogen (secondary N) is 1. The molecule has 3 rings (SSSR count). The van der Waals surface area contributed by atoms with Crippen molar-refractivity contribution in [2.24, 2.45) is 0 Å². The van der Waals surface area contributed by atoms with Crippen LogP contribution in [0.2, 0.25) is 0 Å². The van der Waals surface area contributed by atoms with Crippen LogP contribution in [-0.4, -0.2) is 19.6 Å². The molecule has 0 atom stereocenters. The molecular weight excluding hydrogens is 252 g/mol. The number of fused-ring (bicyclic) bond motifs is 1. The van der Waals surface area contributed by atoms with Crippen molar-refractivity contribution in [2.75, 3.05) is 5.32 Å². The summed E-state index contributed by atoms with van der Waals surface area (Å²) in [5.41, 5.74) is 2.97. The Labute approximate surface area is 116 Å². The van der Waals surface area contributed by atoms with Crippen LogP contribution in [0.3, 0.4) is 0 Å². The van der Waals surface area contributed by atoms with Gasteiger partial charge in [-0.1, -0.05) is 0 Å². The third-order valence-electron chi connectivity index (χ3n) is 3.26. The first-order chi connectivity index (χ1) is 9.78. The fraction of sp³-hybridized carbons (Fsp3) is 0.200. The Bertz CT molecular complexity index is 718. The van der Waals surface area contributed by atoms with Gasteiger partial charge in [-0.15, -0.1) is 0 Å². The van der Waals surface area contributed by atoms with E-state index in [0.717, 1.165) is 29.1 Å². The number of phenols is 1. The molecule has 0 aliphatic carbocycles. The summed E-state index contributed by atoms with van der Waals surface area (Å²) >= 11 is 0. The monoisotopic (exact) mass is 268 g/mol. The van der Waals surface area contributed by atoms with E-state index in [1.54, 1.807) is 24.5 Å². The fourth-order valence-electron chi connectivity index (χ4n) is 2.28. The van der Waals surface area contributed by atoms with Gasteiger partial charge in [0.15, 0.2) is 0 Å². The predicted molar refractivity (Wildman–Crippen MR) is 78.6 cm³/mol.